The third-order valence-electron chi connectivity index (χ3n) is 4.30. The second kappa shape index (κ2) is 6.73. The van der Waals surface area contributed by atoms with Gasteiger partial charge in [-0.3, -0.25) is 0 Å². The van der Waals surface area contributed by atoms with Crippen molar-refractivity contribution < 1.29 is 4.74 Å². The molecule has 1 saturated carbocycles. The first-order valence-corrected chi connectivity index (χ1v) is 9.15. The molecule has 21 heavy (non-hydrogen) atoms. The summed E-state index contributed by atoms with van der Waals surface area (Å²) >= 11 is 1.83. The maximum atomic E-state index is 6.21. The Kier molecular flexibility index (Phi) is 4.73. The number of rotatable bonds is 2. The summed E-state index contributed by atoms with van der Waals surface area (Å²) in [7, 11) is 0. The fourth-order valence-electron chi connectivity index (χ4n) is 3.33. The molecule has 2 heterocycles. The van der Waals surface area contributed by atoms with Gasteiger partial charge in [-0.25, -0.2) is 9.97 Å². The molecule has 114 valence electrons. The van der Waals surface area contributed by atoms with Gasteiger partial charge in [-0.1, -0.05) is 20.3 Å². The molecule has 0 unspecified atom stereocenters. The average Bonchev–Trinajstić information content (AvgIpc) is 3.11. The van der Waals surface area contributed by atoms with Crippen LogP contribution in [-0.2, 0) is 12.8 Å². The van der Waals surface area contributed by atoms with Gasteiger partial charge in [0.2, 0.25) is 5.88 Å². The lowest BCUT2D eigenvalue weighted by Crippen LogP contribution is -2.20. The molecule has 1 fully saturated rings. The summed E-state index contributed by atoms with van der Waals surface area (Å²) in [4.78, 5) is 11.5. The lowest BCUT2D eigenvalue weighted by Gasteiger charge is -2.22. The highest BCUT2D eigenvalue weighted by Gasteiger charge is 2.23. The van der Waals surface area contributed by atoms with Gasteiger partial charge in [-0.05, 0) is 50.5 Å². The Balaban J connectivity index is 0.000000636. The SMILES string of the molecule is CC.c1nc(OC2CCCCC2)c2c3c(sc2n1)CCC3. The predicted octanol–water partition coefficient (Wildman–Crippen LogP) is 4.92. The lowest BCUT2D eigenvalue weighted by molar-refractivity contribution is 0.151. The van der Waals surface area contributed by atoms with Crippen LogP contribution in [0, 0.1) is 0 Å². The predicted molar refractivity (Wildman–Crippen MR) is 88.3 cm³/mol. The average molecular weight is 304 g/mol. The summed E-state index contributed by atoms with van der Waals surface area (Å²) in [6, 6.07) is 0. The summed E-state index contributed by atoms with van der Waals surface area (Å²) < 4.78 is 6.21. The number of aromatic nitrogens is 2. The van der Waals surface area contributed by atoms with Crippen LogP contribution >= 0.6 is 11.3 Å². The minimum Gasteiger partial charge on any atom is -0.474 e. The van der Waals surface area contributed by atoms with Crippen molar-refractivity contribution in [2.24, 2.45) is 0 Å². The minimum atomic E-state index is 0.365. The largest absolute Gasteiger partial charge is 0.474 e. The highest BCUT2D eigenvalue weighted by molar-refractivity contribution is 7.18. The second-order valence-electron chi connectivity index (χ2n) is 5.59. The number of ether oxygens (including phenoxy) is 1. The number of fused-ring (bicyclic) bond motifs is 3. The zero-order chi connectivity index (χ0) is 14.7. The van der Waals surface area contributed by atoms with Gasteiger partial charge >= 0.3 is 0 Å². The Hall–Kier alpha value is -1.16. The maximum absolute atomic E-state index is 6.21. The molecule has 4 rings (SSSR count). The first-order valence-electron chi connectivity index (χ1n) is 8.34. The van der Waals surface area contributed by atoms with Crippen LogP contribution < -0.4 is 4.74 Å². The van der Waals surface area contributed by atoms with Crippen LogP contribution in [0.15, 0.2) is 6.33 Å². The standard InChI is InChI=1S/C15H18N2OS.C2H6/c1-2-5-10(6-3-1)18-14-13-11-7-4-8-12(11)19-15(13)17-9-16-14;1-2/h9-10H,1-8H2;1-2H3. The highest BCUT2D eigenvalue weighted by Crippen LogP contribution is 2.40. The van der Waals surface area contributed by atoms with Crippen LogP contribution in [0.25, 0.3) is 10.2 Å². The molecule has 3 nitrogen and oxygen atoms in total. The van der Waals surface area contributed by atoms with E-state index in [4.69, 9.17) is 4.74 Å². The van der Waals surface area contributed by atoms with E-state index in [-0.39, 0.29) is 0 Å². The normalized spacial score (nSPS) is 18.2. The fraction of sp³-hybridized carbons (Fsp3) is 0.647. The van der Waals surface area contributed by atoms with Crippen molar-refractivity contribution in [3.8, 4) is 5.88 Å². The van der Waals surface area contributed by atoms with Crippen molar-refractivity contribution in [1.29, 1.82) is 0 Å². The highest BCUT2D eigenvalue weighted by atomic mass is 32.1. The molecule has 2 aromatic rings. The second-order valence-corrected chi connectivity index (χ2v) is 6.68. The van der Waals surface area contributed by atoms with Gasteiger partial charge in [-0.2, -0.15) is 0 Å². The van der Waals surface area contributed by atoms with E-state index in [0.717, 1.165) is 10.7 Å². The van der Waals surface area contributed by atoms with Crippen molar-refractivity contribution in [3.63, 3.8) is 0 Å². The zero-order valence-corrected chi connectivity index (χ0v) is 13.8. The third kappa shape index (κ3) is 2.91. The van der Waals surface area contributed by atoms with E-state index in [1.165, 1.54) is 67.2 Å². The topological polar surface area (TPSA) is 35.0 Å². The molecule has 0 spiro atoms. The molecule has 0 aromatic carbocycles. The molecule has 4 heteroatoms. The molecule has 0 aliphatic heterocycles. The molecule has 2 aromatic heterocycles. The number of hydrogen-bond acceptors (Lipinski definition) is 4. The molecule has 0 saturated heterocycles. The number of nitrogens with zero attached hydrogens (tertiary/aromatic N) is 2. The van der Waals surface area contributed by atoms with Gasteiger partial charge in [-0.15, -0.1) is 11.3 Å². The smallest absolute Gasteiger partial charge is 0.225 e. The van der Waals surface area contributed by atoms with Crippen molar-refractivity contribution >= 4 is 21.6 Å². The van der Waals surface area contributed by atoms with E-state index in [0.29, 0.717) is 6.10 Å². The van der Waals surface area contributed by atoms with Crippen LogP contribution in [0.5, 0.6) is 5.88 Å². The van der Waals surface area contributed by atoms with Crippen LogP contribution in [-0.4, -0.2) is 16.1 Å². The summed E-state index contributed by atoms with van der Waals surface area (Å²) in [5.41, 5.74) is 1.46. The first-order chi connectivity index (χ1) is 10.4. The van der Waals surface area contributed by atoms with Crippen LogP contribution in [0.3, 0.4) is 0 Å². The Morgan fingerprint density at radius 1 is 1.05 bits per heavy atom. The zero-order valence-electron chi connectivity index (χ0n) is 13.0. The molecule has 0 bridgehead atoms. The van der Waals surface area contributed by atoms with E-state index in [1.807, 2.05) is 25.2 Å². The molecule has 0 atom stereocenters. The quantitative estimate of drug-likeness (QED) is 0.790. The van der Waals surface area contributed by atoms with E-state index >= 15 is 0 Å². The summed E-state index contributed by atoms with van der Waals surface area (Å²) in [5.74, 6) is 0.844. The van der Waals surface area contributed by atoms with Gasteiger partial charge in [0.1, 0.15) is 17.3 Å². The Bertz CT molecular complexity index is 602. The minimum absolute atomic E-state index is 0.365. The number of hydrogen-bond donors (Lipinski definition) is 0. The molecule has 0 N–H and O–H groups in total. The molecular weight excluding hydrogens is 280 g/mol. The molecule has 2 aliphatic carbocycles. The van der Waals surface area contributed by atoms with E-state index in [1.54, 1.807) is 6.33 Å². The summed E-state index contributed by atoms with van der Waals surface area (Å²) in [6.45, 7) is 4.00. The van der Waals surface area contributed by atoms with Crippen LogP contribution in [0.1, 0.15) is 62.8 Å². The van der Waals surface area contributed by atoms with Gasteiger partial charge in [0, 0.05) is 4.88 Å². The number of thiophene rings is 1. The Labute approximate surface area is 130 Å². The Morgan fingerprint density at radius 2 is 1.86 bits per heavy atom. The van der Waals surface area contributed by atoms with Gasteiger partial charge in [0.25, 0.3) is 0 Å². The van der Waals surface area contributed by atoms with Crippen molar-refractivity contribution in [1.82, 2.24) is 9.97 Å². The maximum Gasteiger partial charge on any atom is 0.225 e. The Morgan fingerprint density at radius 3 is 2.67 bits per heavy atom. The molecule has 0 amide bonds. The summed E-state index contributed by atoms with van der Waals surface area (Å²) in [6.07, 6.45) is 12.0. The molecule has 0 radical (unpaired) electrons. The van der Waals surface area contributed by atoms with Gasteiger partial charge < -0.3 is 4.74 Å². The monoisotopic (exact) mass is 304 g/mol. The van der Waals surface area contributed by atoms with Gasteiger partial charge in [0.15, 0.2) is 0 Å². The van der Waals surface area contributed by atoms with E-state index in [2.05, 4.69) is 9.97 Å². The molecular formula is C17H24N2OS. The molecule has 2 aliphatic rings. The lowest BCUT2D eigenvalue weighted by atomic mass is 9.98. The fourth-order valence-corrected chi connectivity index (χ4v) is 4.55. The van der Waals surface area contributed by atoms with Crippen LogP contribution in [0.4, 0.5) is 0 Å². The van der Waals surface area contributed by atoms with Crippen LogP contribution in [0.2, 0.25) is 0 Å². The van der Waals surface area contributed by atoms with E-state index in [9.17, 15) is 0 Å². The first kappa shape index (κ1) is 14.8. The third-order valence-corrected chi connectivity index (χ3v) is 5.50. The van der Waals surface area contributed by atoms with E-state index < -0.39 is 0 Å². The summed E-state index contributed by atoms with van der Waals surface area (Å²) in [5, 5.41) is 1.21. The van der Waals surface area contributed by atoms with Crippen molar-refractivity contribution in [3.05, 3.63) is 16.8 Å². The van der Waals surface area contributed by atoms with Gasteiger partial charge in [0.05, 0.1) is 5.39 Å². The van der Waals surface area contributed by atoms with Crippen molar-refractivity contribution in [2.75, 3.05) is 0 Å². The number of aryl methyl sites for hydroxylation is 2. The van der Waals surface area contributed by atoms with Crippen molar-refractivity contribution in [2.45, 2.75) is 71.3 Å².